The molecule has 6 heteroatoms. The molecule has 1 aliphatic rings. The van der Waals surface area contributed by atoms with Gasteiger partial charge in [0.2, 0.25) is 0 Å². The summed E-state index contributed by atoms with van der Waals surface area (Å²) >= 11 is 0.584. The maximum absolute atomic E-state index is 12.5. The third-order valence-electron chi connectivity index (χ3n) is 4.58. The van der Waals surface area contributed by atoms with Gasteiger partial charge in [0, 0.05) is 10.5 Å². The van der Waals surface area contributed by atoms with Crippen LogP contribution in [0.2, 0.25) is 0 Å². The van der Waals surface area contributed by atoms with E-state index in [1.807, 2.05) is 12.1 Å². The fourth-order valence-corrected chi connectivity index (χ4v) is 3.90. The molecule has 136 valence electrons. The van der Waals surface area contributed by atoms with Crippen molar-refractivity contribution in [2.24, 2.45) is 0 Å². The van der Waals surface area contributed by atoms with Crippen molar-refractivity contribution < 1.29 is 13.3 Å². The first kappa shape index (κ1) is 19.1. The van der Waals surface area contributed by atoms with Gasteiger partial charge in [0.15, 0.2) is 5.69 Å². The highest BCUT2D eigenvalue weighted by Gasteiger charge is 2.29. The van der Waals surface area contributed by atoms with E-state index in [0.29, 0.717) is 16.7 Å². The molecule has 2 heterocycles. The van der Waals surface area contributed by atoms with E-state index < -0.39 is 5.76 Å². The Morgan fingerprint density at radius 1 is 1.04 bits per heavy atom. The summed E-state index contributed by atoms with van der Waals surface area (Å²) in [5, 5.41) is 0. The average molecular weight is 438 g/mol. The molecule has 0 atom stereocenters. The lowest BCUT2D eigenvalue weighted by molar-refractivity contribution is -0.689. The van der Waals surface area contributed by atoms with Gasteiger partial charge in [-0.15, -0.1) is 17.0 Å². The lowest BCUT2D eigenvalue weighted by Gasteiger charge is -2.06. The monoisotopic (exact) mass is 437 g/mol. The molecule has 0 bridgehead atoms. The first-order chi connectivity index (χ1) is 12.1. The highest BCUT2D eigenvalue weighted by atomic mass is 79.9. The molecule has 0 saturated heterocycles. The van der Waals surface area contributed by atoms with Gasteiger partial charge in [0.05, 0.1) is 13.0 Å². The van der Waals surface area contributed by atoms with E-state index in [-0.39, 0.29) is 17.0 Å². The van der Waals surface area contributed by atoms with Crippen LogP contribution in [0.3, 0.4) is 0 Å². The number of rotatable bonds is 4. The smallest absolute Gasteiger partial charge is 0.233 e. The molecule has 0 unspecified atom stereocenters. The van der Waals surface area contributed by atoms with Gasteiger partial charge in [-0.1, -0.05) is 41.6 Å². The van der Waals surface area contributed by atoms with Crippen LogP contribution in [0.25, 0.3) is 16.9 Å². The fraction of sp³-hybridized carbons (Fsp3) is 0.250. The van der Waals surface area contributed by atoms with E-state index >= 15 is 0 Å². The molecule has 0 N–H and O–H groups in total. The van der Waals surface area contributed by atoms with Crippen molar-refractivity contribution in [1.82, 2.24) is 4.57 Å². The Morgan fingerprint density at radius 2 is 1.73 bits per heavy atom. The number of hydrogen-bond donors (Lipinski definition) is 0. The van der Waals surface area contributed by atoms with E-state index in [9.17, 15) is 8.78 Å². The molecule has 4 rings (SSSR count). The number of halogens is 3. The van der Waals surface area contributed by atoms with Crippen LogP contribution < -0.4 is 4.57 Å². The zero-order valence-corrected chi connectivity index (χ0v) is 16.9. The van der Waals surface area contributed by atoms with Gasteiger partial charge < -0.3 is 0 Å². The summed E-state index contributed by atoms with van der Waals surface area (Å²) in [5.74, 6) is -1.12. The lowest BCUT2D eigenvalue weighted by Crippen LogP contribution is -2.30. The first-order valence-electron chi connectivity index (χ1n) is 8.38. The number of aryl methyl sites for hydroxylation is 2. The zero-order valence-electron chi connectivity index (χ0n) is 14.4. The number of imidazole rings is 1. The van der Waals surface area contributed by atoms with Crippen molar-refractivity contribution in [1.29, 1.82) is 0 Å². The first-order valence-corrected chi connectivity index (χ1v) is 9.26. The van der Waals surface area contributed by atoms with Crippen molar-refractivity contribution in [3.05, 3.63) is 66.1 Å². The van der Waals surface area contributed by atoms with Crippen LogP contribution in [0.4, 0.5) is 8.78 Å². The quantitative estimate of drug-likeness (QED) is 0.382. The van der Waals surface area contributed by atoms with Crippen LogP contribution in [0.1, 0.15) is 17.8 Å². The standard InChI is InChI=1S/C20H19F2N2S.BrH/c1-14-4-6-15(7-5-14)18-13-23-12-2-3-19(23)24(18)16-8-10-17(11-9-16)25-20(21)22;/h4-11,13,20H,2-3,12H2,1H3;1H/q+1;. The van der Waals surface area contributed by atoms with Gasteiger partial charge in [-0.2, -0.15) is 13.3 Å². The molecule has 0 spiro atoms. The summed E-state index contributed by atoms with van der Waals surface area (Å²) < 4.78 is 29.7. The second kappa shape index (κ2) is 7.92. The molecule has 2 aromatic carbocycles. The molecule has 0 radical (unpaired) electrons. The average Bonchev–Trinajstić information content (AvgIpc) is 3.17. The van der Waals surface area contributed by atoms with Crippen LogP contribution in [-0.2, 0) is 13.0 Å². The third-order valence-corrected chi connectivity index (χ3v) is 5.30. The predicted octanol–water partition coefficient (Wildman–Crippen LogP) is 5.58. The maximum Gasteiger partial charge on any atom is 0.288 e. The number of hydrogen-bond acceptors (Lipinski definition) is 1. The third kappa shape index (κ3) is 3.71. The highest BCUT2D eigenvalue weighted by Crippen LogP contribution is 2.30. The maximum atomic E-state index is 12.5. The second-order valence-electron chi connectivity index (χ2n) is 6.30. The molecule has 3 aromatic rings. The highest BCUT2D eigenvalue weighted by molar-refractivity contribution is 8.93. The topological polar surface area (TPSA) is 8.81 Å². The fourth-order valence-electron chi connectivity index (χ4n) is 3.40. The predicted molar refractivity (Wildman–Crippen MR) is 107 cm³/mol. The minimum absolute atomic E-state index is 0. The molecule has 2 nitrogen and oxygen atoms in total. The summed E-state index contributed by atoms with van der Waals surface area (Å²) in [6, 6.07) is 15.9. The summed E-state index contributed by atoms with van der Waals surface area (Å²) in [6.45, 7) is 3.11. The van der Waals surface area contributed by atoms with Gasteiger partial charge >= 0.3 is 0 Å². The van der Waals surface area contributed by atoms with E-state index in [2.05, 4.69) is 46.5 Å². The van der Waals surface area contributed by atoms with E-state index in [0.717, 1.165) is 30.8 Å². The molecule has 0 amide bonds. The number of nitrogens with zero attached hydrogens (tertiary/aromatic N) is 2. The molecule has 26 heavy (non-hydrogen) atoms. The van der Waals surface area contributed by atoms with E-state index in [1.165, 1.54) is 17.0 Å². The van der Waals surface area contributed by atoms with Crippen LogP contribution >= 0.6 is 28.7 Å². The summed E-state index contributed by atoms with van der Waals surface area (Å²) in [7, 11) is 0. The van der Waals surface area contributed by atoms with Crippen molar-refractivity contribution >= 4 is 28.7 Å². The Kier molecular flexibility index (Phi) is 5.82. The van der Waals surface area contributed by atoms with Gasteiger partial charge in [-0.05, 0) is 37.6 Å². The molecular formula is C20H20BrF2N2S+. The Bertz CT molecular complexity index is 889. The minimum Gasteiger partial charge on any atom is -0.233 e. The summed E-state index contributed by atoms with van der Waals surface area (Å²) in [4.78, 5) is 0.590. The van der Waals surface area contributed by atoms with Crippen molar-refractivity contribution in [2.45, 2.75) is 37.0 Å². The van der Waals surface area contributed by atoms with Gasteiger partial charge in [-0.25, -0.2) is 4.57 Å². The van der Waals surface area contributed by atoms with Crippen molar-refractivity contribution in [3.63, 3.8) is 0 Å². The lowest BCUT2D eigenvalue weighted by atomic mass is 10.1. The number of thioether (sulfide) groups is 1. The van der Waals surface area contributed by atoms with Gasteiger partial charge in [-0.3, -0.25) is 0 Å². The number of benzene rings is 2. The van der Waals surface area contributed by atoms with Gasteiger partial charge in [0.25, 0.3) is 11.6 Å². The molecule has 1 aliphatic heterocycles. The largest absolute Gasteiger partial charge is 0.288 e. The van der Waals surface area contributed by atoms with E-state index in [1.54, 1.807) is 12.1 Å². The molecule has 0 aliphatic carbocycles. The van der Waals surface area contributed by atoms with E-state index in [4.69, 9.17) is 0 Å². The van der Waals surface area contributed by atoms with Crippen molar-refractivity contribution in [3.8, 4) is 16.9 Å². The Balaban J connectivity index is 0.00000196. The summed E-state index contributed by atoms with van der Waals surface area (Å²) in [5.41, 5.74) is 4.56. The Hall–Kier alpha value is -1.66. The van der Waals surface area contributed by atoms with Crippen molar-refractivity contribution in [2.75, 3.05) is 0 Å². The molecule has 0 fully saturated rings. The summed E-state index contributed by atoms with van der Waals surface area (Å²) in [6.07, 6.45) is 4.37. The number of alkyl halides is 2. The number of aromatic nitrogens is 2. The molecule has 1 aromatic heterocycles. The Labute approximate surface area is 166 Å². The SMILES string of the molecule is Br.Cc1ccc(-c2c[n+]3c(n2-c2ccc(SC(F)F)cc2)CCC3)cc1. The second-order valence-corrected chi connectivity index (χ2v) is 7.36. The van der Waals surface area contributed by atoms with Crippen LogP contribution in [-0.4, -0.2) is 10.3 Å². The Morgan fingerprint density at radius 3 is 2.38 bits per heavy atom. The number of fused-ring (bicyclic) bond motifs is 1. The normalized spacial score (nSPS) is 12.9. The van der Waals surface area contributed by atoms with Crippen LogP contribution in [0, 0.1) is 6.92 Å². The molecular weight excluding hydrogens is 418 g/mol. The zero-order chi connectivity index (χ0) is 17.4. The van der Waals surface area contributed by atoms with Gasteiger partial charge in [0.1, 0.15) is 11.9 Å². The van der Waals surface area contributed by atoms with Crippen LogP contribution in [0.5, 0.6) is 0 Å². The minimum atomic E-state index is -2.39. The van der Waals surface area contributed by atoms with Crippen LogP contribution in [0.15, 0.2) is 59.6 Å². The molecule has 0 saturated carbocycles.